The highest BCUT2D eigenvalue weighted by Gasteiger charge is 2.43. The third-order valence-corrected chi connectivity index (χ3v) is 3.76. The van der Waals surface area contributed by atoms with Crippen LogP contribution in [-0.2, 0) is 4.79 Å². The molecule has 3 N–H and O–H groups in total. The summed E-state index contributed by atoms with van der Waals surface area (Å²) < 4.78 is 0. The van der Waals surface area contributed by atoms with Crippen LogP contribution in [0.2, 0.25) is 0 Å². The van der Waals surface area contributed by atoms with Gasteiger partial charge in [0.25, 0.3) is 0 Å². The van der Waals surface area contributed by atoms with Crippen molar-refractivity contribution in [1.29, 1.82) is 0 Å². The Bertz CT molecular complexity index is 252. The Morgan fingerprint density at radius 2 is 2.14 bits per heavy atom. The highest BCUT2D eigenvalue weighted by atomic mass is 16.2. The lowest BCUT2D eigenvalue weighted by molar-refractivity contribution is -0.126. The van der Waals surface area contributed by atoms with Gasteiger partial charge >= 0.3 is 0 Å². The molecule has 3 heterocycles. The molecule has 14 heavy (non-hydrogen) atoms. The zero-order chi connectivity index (χ0) is 9.54. The summed E-state index contributed by atoms with van der Waals surface area (Å²) in [5.74, 6) is 0.519. The van der Waals surface area contributed by atoms with Crippen LogP contribution in [0.4, 0.5) is 0 Å². The molecule has 3 atom stereocenters. The van der Waals surface area contributed by atoms with Gasteiger partial charge in [0.15, 0.2) is 0 Å². The molecule has 0 aromatic heterocycles. The van der Waals surface area contributed by atoms with Crippen LogP contribution in [0.5, 0.6) is 0 Å². The van der Waals surface area contributed by atoms with Gasteiger partial charge in [-0.3, -0.25) is 4.79 Å². The predicted octanol–water partition coefficient (Wildman–Crippen LogP) is -0.785. The van der Waals surface area contributed by atoms with Crippen LogP contribution >= 0.6 is 0 Å². The highest BCUT2D eigenvalue weighted by Crippen LogP contribution is 2.33. The van der Waals surface area contributed by atoms with E-state index in [1.165, 1.54) is 12.8 Å². The van der Waals surface area contributed by atoms with Crippen molar-refractivity contribution in [1.82, 2.24) is 16.0 Å². The monoisotopic (exact) mass is 195 g/mol. The van der Waals surface area contributed by atoms with Crippen molar-refractivity contribution in [2.24, 2.45) is 5.92 Å². The fraction of sp³-hybridized carbons (Fsp3) is 0.900. The van der Waals surface area contributed by atoms with Crippen molar-refractivity contribution in [3.63, 3.8) is 0 Å². The zero-order valence-electron chi connectivity index (χ0n) is 8.25. The molecule has 78 valence electrons. The molecule has 3 fully saturated rings. The molecule has 4 heteroatoms. The van der Waals surface area contributed by atoms with Crippen LogP contribution in [0.15, 0.2) is 0 Å². The Labute approximate surface area is 83.8 Å². The maximum absolute atomic E-state index is 11.9. The molecule has 3 unspecified atom stereocenters. The third kappa shape index (κ3) is 1.33. The van der Waals surface area contributed by atoms with Crippen molar-refractivity contribution in [2.75, 3.05) is 13.1 Å². The molecule has 0 aliphatic carbocycles. The van der Waals surface area contributed by atoms with Crippen molar-refractivity contribution >= 4 is 5.91 Å². The number of hydrogen-bond donors (Lipinski definition) is 3. The summed E-state index contributed by atoms with van der Waals surface area (Å²) in [6.07, 6.45) is 3.50. The van der Waals surface area contributed by atoms with E-state index in [0.29, 0.717) is 18.1 Å². The van der Waals surface area contributed by atoms with Gasteiger partial charge in [-0.05, 0) is 19.3 Å². The maximum atomic E-state index is 11.9. The van der Waals surface area contributed by atoms with E-state index in [-0.39, 0.29) is 11.8 Å². The molecule has 3 aliphatic heterocycles. The Kier molecular flexibility index (Phi) is 1.99. The third-order valence-electron chi connectivity index (χ3n) is 3.76. The van der Waals surface area contributed by atoms with Crippen LogP contribution in [0.3, 0.4) is 0 Å². The average molecular weight is 195 g/mol. The SMILES string of the molecule is O=C(NC1CNC1)C1CC2CCC1N2. The molecule has 0 spiro atoms. The van der Waals surface area contributed by atoms with Gasteiger partial charge in [-0.2, -0.15) is 0 Å². The fourth-order valence-electron chi connectivity index (χ4n) is 2.81. The molecule has 3 saturated heterocycles. The first kappa shape index (κ1) is 8.68. The smallest absolute Gasteiger partial charge is 0.225 e. The minimum Gasteiger partial charge on any atom is -0.351 e. The molecule has 3 aliphatic rings. The van der Waals surface area contributed by atoms with E-state index in [1.54, 1.807) is 0 Å². The van der Waals surface area contributed by atoms with E-state index in [4.69, 9.17) is 0 Å². The summed E-state index contributed by atoms with van der Waals surface area (Å²) in [5.41, 5.74) is 0. The number of rotatable bonds is 2. The molecule has 0 aromatic carbocycles. The largest absolute Gasteiger partial charge is 0.351 e. The highest BCUT2D eigenvalue weighted by molar-refractivity contribution is 5.80. The summed E-state index contributed by atoms with van der Waals surface area (Å²) in [6.45, 7) is 1.89. The average Bonchev–Trinajstić information content (AvgIpc) is 2.71. The van der Waals surface area contributed by atoms with Crippen LogP contribution < -0.4 is 16.0 Å². The quantitative estimate of drug-likeness (QED) is 0.541. The number of carbonyl (C=O) groups excluding carboxylic acids is 1. The van der Waals surface area contributed by atoms with E-state index in [2.05, 4.69) is 16.0 Å². The van der Waals surface area contributed by atoms with Gasteiger partial charge in [-0.1, -0.05) is 0 Å². The van der Waals surface area contributed by atoms with Crippen molar-refractivity contribution < 1.29 is 4.79 Å². The predicted molar refractivity (Wildman–Crippen MR) is 52.9 cm³/mol. The molecule has 0 aromatic rings. The summed E-state index contributed by atoms with van der Waals surface area (Å²) in [4.78, 5) is 11.9. The second-order valence-corrected chi connectivity index (χ2v) is 4.75. The molecule has 1 amide bonds. The van der Waals surface area contributed by atoms with Crippen LogP contribution in [0.1, 0.15) is 19.3 Å². The summed E-state index contributed by atoms with van der Waals surface area (Å²) in [5, 5.41) is 9.75. The van der Waals surface area contributed by atoms with Gasteiger partial charge in [-0.15, -0.1) is 0 Å². The Balaban J connectivity index is 1.57. The minimum atomic E-state index is 0.245. The van der Waals surface area contributed by atoms with Gasteiger partial charge in [0.05, 0.1) is 12.0 Å². The number of carbonyl (C=O) groups is 1. The maximum Gasteiger partial charge on any atom is 0.225 e. The molecule has 4 nitrogen and oxygen atoms in total. The number of fused-ring (bicyclic) bond motifs is 2. The van der Waals surface area contributed by atoms with E-state index >= 15 is 0 Å². The van der Waals surface area contributed by atoms with Gasteiger partial charge in [-0.25, -0.2) is 0 Å². The van der Waals surface area contributed by atoms with Crippen LogP contribution in [-0.4, -0.2) is 37.1 Å². The summed E-state index contributed by atoms with van der Waals surface area (Å²) in [7, 11) is 0. The standard InChI is InChI=1S/C10H17N3O/c14-10(13-7-4-11-5-7)8-3-6-1-2-9(8)12-6/h6-9,11-12H,1-5H2,(H,13,14). The second-order valence-electron chi connectivity index (χ2n) is 4.75. The van der Waals surface area contributed by atoms with Crippen LogP contribution in [0, 0.1) is 5.92 Å². The number of amides is 1. The Hall–Kier alpha value is -0.610. The van der Waals surface area contributed by atoms with E-state index < -0.39 is 0 Å². The van der Waals surface area contributed by atoms with E-state index in [1.807, 2.05) is 0 Å². The molecular formula is C10H17N3O. The topological polar surface area (TPSA) is 53.2 Å². The van der Waals surface area contributed by atoms with Crippen molar-refractivity contribution in [3.8, 4) is 0 Å². The Morgan fingerprint density at radius 3 is 2.64 bits per heavy atom. The van der Waals surface area contributed by atoms with E-state index in [0.717, 1.165) is 19.5 Å². The molecule has 0 saturated carbocycles. The summed E-state index contributed by atoms with van der Waals surface area (Å²) >= 11 is 0. The van der Waals surface area contributed by atoms with Crippen molar-refractivity contribution in [2.45, 2.75) is 37.4 Å². The summed E-state index contributed by atoms with van der Waals surface area (Å²) in [6, 6.07) is 1.48. The normalized spacial score (nSPS) is 41.0. The second kappa shape index (κ2) is 3.21. The van der Waals surface area contributed by atoms with Gasteiger partial charge in [0, 0.05) is 25.2 Å². The van der Waals surface area contributed by atoms with Gasteiger partial charge in [0.2, 0.25) is 5.91 Å². The number of nitrogens with one attached hydrogen (secondary N) is 3. The Morgan fingerprint density at radius 1 is 1.29 bits per heavy atom. The fourth-order valence-corrected chi connectivity index (χ4v) is 2.81. The van der Waals surface area contributed by atoms with Crippen LogP contribution in [0.25, 0.3) is 0 Å². The molecule has 3 rings (SSSR count). The first-order valence-corrected chi connectivity index (χ1v) is 5.60. The van der Waals surface area contributed by atoms with E-state index in [9.17, 15) is 4.79 Å². The zero-order valence-corrected chi connectivity index (χ0v) is 8.25. The lowest BCUT2D eigenvalue weighted by Crippen LogP contribution is -2.58. The van der Waals surface area contributed by atoms with Gasteiger partial charge in [0.1, 0.15) is 0 Å². The lowest BCUT2D eigenvalue weighted by atomic mass is 9.88. The lowest BCUT2D eigenvalue weighted by Gasteiger charge is -2.30. The molecular weight excluding hydrogens is 178 g/mol. The first-order valence-electron chi connectivity index (χ1n) is 5.60. The number of hydrogen-bond acceptors (Lipinski definition) is 3. The van der Waals surface area contributed by atoms with Gasteiger partial charge < -0.3 is 16.0 Å². The minimum absolute atomic E-state index is 0.245. The first-order chi connectivity index (χ1) is 6.83. The molecule has 2 bridgehead atoms. The molecule has 0 radical (unpaired) electrons. The van der Waals surface area contributed by atoms with Crippen molar-refractivity contribution in [3.05, 3.63) is 0 Å².